The van der Waals surface area contributed by atoms with Crippen molar-refractivity contribution in [1.82, 2.24) is 5.32 Å². The molecule has 21 heavy (non-hydrogen) atoms. The molecule has 0 aliphatic rings. The van der Waals surface area contributed by atoms with Gasteiger partial charge in [-0.1, -0.05) is 47.4 Å². The lowest BCUT2D eigenvalue weighted by atomic mass is 10.1. The lowest BCUT2D eigenvalue weighted by molar-refractivity contribution is 0.482. The molecule has 0 fully saturated rings. The van der Waals surface area contributed by atoms with Crippen LogP contribution in [-0.4, -0.2) is 6.04 Å². The average molecular weight is 369 g/mol. The zero-order valence-electron chi connectivity index (χ0n) is 12.4. The number of benzene rings is 2. The predicted octanol–water partition coefficient (Wildman–Crippen LogP) is 5.70. The third-order valence-electron chi connectivity index (χ3n) is 3.14. The Hall–Kier alpha value is -1.03. The first-order chi connectivity index (χ1) is 9.95. The smallest absolute Gasteiger partial charge is 0.146 e. The van der Waals surface area contributed by atoms with Gasteiger partial charge in [-0.05, 0) is 48.4 Å². The van der Waals surface area contributed by atoms with E-state index in [4.69, 9.17) is 16.3 Å². The molecule has 0 unspecified atom stereocenters. The van der Waals surface area contributed by atoms with Gasteiger partial charge in [0.05, 0.1) is 5.02 Å². The van der Waals surface area contributed by atoms with E-state index in [0.717, 1.165) is 16.8 Å². The molecule has 2 rings (SSSR count). The summed E-state index contributed by atoms with van der Waals surface area (Å²) in [5.41, 5.74) is 2.48. The van der Waals surface area contributed by atoms with Crippen molar-refractivity contribution < 1.29 is 4.74 Å². The molecule has 0 aliphatic heterocycles. The highest BCUT2D eigenvalue weighted by atomic mass is 79.9. The summed E-state index contributed by atoms with van der Waals surface area (Å²) in [6, 6.07) is 12.2. The Labute approximate surface area is 139 Å². The van der Waals surface area contributed by atoms with Crippen molar-refractivity contribution in [3.05, 3.63) is 57.0 Å². The van der Waals surface area contributed by atoms with Crippen molar-refractivity contribution in [3.8, 4) is 11.5 Å². The molecule has 0 aliphatic carbocycles. The summed E-state index contributed by atoms with van der Waals surface area (Å²) >= 11 is 9.55. The Morgan fingerprint density at radius 1 is 1.19 bits per heavy atom. The van der Waals surface area contributed by atoms with Crippen molar-refractivity contribution in [2.24, 2.45) is 0 Å². The third kappa shape index (κ3) is 4.73. The van der Waals surface area contributed by atoms with Gasteiger partial charge in [0.2, 0.25) is 0 Å². The molecule has 0 aromatic heterocycles. The Morgan fingerprint density at radius 2 is 1.95 bits per heavy atom. The normalized spacial score (nSPS) is 11.0. The van der Waals surface area contributed by atoms with Crippen LogP contribution >= 0.6 is 27.5 Å². The summed E-state index contributed by atoms with van der Waals surface area (Å²) in [6.45, 7) is 7.24. The molecule has 0 saturated carbocycles. The monoisotopic (exact) mass is 367 g/mol. The van der Waals surface area contributed by atoms with Crippen LogP contribution in [0.3, 0.4) is 0 Å². The number of hydrogen-bond donors (Lipinski definition) is 1. The molecule has 0 radical (unpaired) electrons. The molecule has 0 bridgehead atoms. The van der Waals surface area contributed by atoms with E-state index in [0.29, 0.717) is 16.8 Å². The SMILES string of the molecule is Cc1cc(Oc2ccc(Br)cc2Cl)ccc1CNC(C)C. The molecular formula is C17H19BrClNO. The lowest BCUT2D eigenvalue weighted by Gasteiger charge is -2.13. The summed E-state index contributed by atoms with van der Waals surface area (Å²) in [5, 5.41) is 4.01. The Bertz CT molecular complexity index is 628. The molecular weight excluding hydrogens is 350 g/mol. The number of ether oxygens (including phenoxy) is 1. The fourth-order valence-electron chi connectivity index (χ4n) is 1.93. The van der Waals surface area contributed by atoms with Crippen LogP contribution in [0.1, 0.15) is 25.0 Å². The lowest BCUT2D eigenvalue weighted by Crippen LogP contribution is -2.22. The molecule has 0 heterocycles. The van der Waals surface area contributed by atoms with Gasteiger partial charge in [-0.3, -0.25) is 0 Å². The van der Waals surface area contributed by atoms with E-state index in [1.54, 1.807) is 0 Å². The highest BCUT2D eigenvalue weighted by Crippen LogP contribution is 2.32. The zero-order chi connectivity index (χ0) is 15.4. The molecule has 2 nitrogen and oxygen atoms in total. The second kappa shape index (κ2) is 7.30. The van der Waals surface area contributed by atoms with E-state index in [9.17, 15) is 0 Å². The zero-order valence-corrected chi connectivity index (χ0v) is 14.8. The maximum atomic E-state index is 6.17. The van der Waals surface area contributed by atoms with Gasteiger partial charge in [-0.2, -0.15) is 0 Å². The Morgan fingerprint density at radius 3 is 2.57 bits per heavy atom. The minimum absolute atomic E-state index is 0.474. The van der Waals surface area contributed by atoms with Gasteiger partial charge in [-0.15, -0.1) is 0 Å². The average Bonchev–Trinajstić information content (AvgIpc) is 2.41. The second-order valence-electron chi connectivity index (χ2n) is 5.30. The Kier molecular flexibility index (Phi) is 5.68. The van der Waals surface area contributed by atoms with Crippen molar-refractivity contribution >= 4 is 27.5 Å². The van der Waals surface area contributed by atoms with Crippen LogP contribution in [0.2, 0.25) is 5.02 Å². The summed E-state index contributed by atoms with van der Waals surface area (Å²) in [4.78, 5) is 0. The van der Waals surface area contributed by atoms with Crippen LogP contribution in [0.25, 0.3) is 0 Å². The van der Waals surface area contributed by atoms with Gasteiger partial charge < -0.3 is 10.1 Å². The molecule has 1 N–H and O–H groups in total. The minimum atomic E-state index is 0.474. The van der Waals surface area contributed by atoms with E-state index >= 15 is 0 Å². The number of halogens is 2. The van der Waals surface area contributed by atoms with Crippen LogP contribution in [-0.2, 0) is 6.54 Å². The molecule has 0 amide bonds. The summed E-state index contributed by atoms with van der Waals surface area (Å²) < 4.78 is 6.79. The molecule has 0 saturated heterocycles. The maximum Gasteiger partial charge on any atom is 0.146 e. The van der Waals surface area contributed by atoms with Crippen LogP contribution in [0.15, 0.2) is 40.9 Å². The first kappa shape index (κ1) is 16.3. The number of aryl methyl sites for hydroxylation is 1. The van der Waals surface area contributed by atoms with Crippen LogP contribution in [0, 0.1) is 6.92 Å². The first-order valence-corrected chi connectivity index (χ1v) is 8.08. The van der Waals surface area contributed by atoms with Gasteiger partial charge in [0.15, 0.2) is 0 Å². The van der Waals surface area contributed by atoms with E-state index in [-0.39, 0.29) is 0 Å². The maximum absolute atomic E-state index is 6.17. The number of hydrogen-bond acceptors (Lipinski definition) is 2. The van der Waals surface area contributed by atoms with E-state index in [2.05, 4.69) is 48.1 Å². The van der Waals surface area contributed by atoms with Crippen molar-refractivity contribution in [2.75, 3.05) is 0 Å². The summed E-state index contributed by atoms with van der Waals surface area (Å²) in [7, 11) is 0. The fraction of sp³-hybridized carbons (Fsp3) is 0.294. The van der Waals surface area contributed by atoms with Crippen molar-refractivity contribution in [3.63, 3.8) is 0 Å². The fourth-order valence-corrected chi connectivity index (χ4v) is 2.64. The van der Waals surface area contributed by atoms with Gasteiger partial charge in [0.1, 0.15) is 11.5 Å². The standard InChI is InChI=1S/C17H19BrClNO/c1-11(2)20-10-13-4-6-15(8-12(13)3)21-17-7-5-14(18)9-16(17)19/h4-9,11,20H,10H2,1-3H3. The van der Waals surface area contributed by atoms with Crippen LogP contribution in [0.4, 0.5) is 0 Å². The van der Waals surface area contributed by atoms with Crippen molar-refractivity contribution in [1.29, 1.82) is 0 Å². The van der Waals surface area contributed by atoms with Gasteiger partial charge in [0, 0.05) is 17.1 Å². The van der Waals surface area contributed by atoms with Crippen molar-refractivity contribution in [2.45, 2.75) is 33.4 Å². The molecule has 112 valence electrons. The number of nitrogens with one attached hydrogen (secondary N) is 1. The molecule has 2 aromatic carbocycles. The first-order valence-electron chi connectivity index (χ1n) is 6.91. The van der Waals surface area contributed by atoms with Crippen LogP contribution in [0.5, 0.6) is 11.5 Å². The largest absolute Gasteiger partial charge is 0.456 e. The van der Waals surface area contributed by atoms with Gasteiger partial charge >= 0.3 is 0 Å². The minimum Gasteiger partial charge on any atom is -0.456 e. The second-order valence-corrected chi connectivity index (χ2v) is 6.62. The van der Waals surface area contributed by atoms with Crippen LogP contribution < -0.4 is 10.1 Å². The highest BCUT2D eigenvalue weighted by Gasteiger charge is 2.06. The number of rotatable bonds is 5. The van der Waals surface area contributed by atoms with Gasteiger partial charge in [-0.25, -0.2) is 0 Å². The molecule has 2 aromatic rings. The van der Waals surface area contributed by atoms with E-state index in [1.165, 1.54) is 11.1 Å². The van der Waals surface area contributed by atoms with E-state index < -0.39 is 0 Å². The quantitative estimate of drug-likeness (QED) is 0.730. The summed E-state index contributed by atoms with van der Waals surface area (Å²) in [6.07, 6.45) is 0. The topological polar surface area (TPSA) is 21.3 Å². The summed E-state index contributed by atoms with van der Waals surface area (Å²) in [5.74, 6) is 1.46. The molecule has 4 heteroatoms. The van der Waals surface area contributed by atoms with E-state index in [1.807, 2.05) is 30.3 Å². The highest BCUT2D eigenvalue weighted by molar-refractivity contribution is 9.10. The molecule has 0 spiro atoms. The predicted molar refractivity (Wildman–Crippen MR) is 92.4 cm³/mol. The van der Waals surface area contributed by atoms with Gasteiger partial charge in [0.25, 0.3) is 0 Å². The Balaban J connectivity index is 2.12. The molecule has 0 atom stereocenters. The third-order valence-corrected chi connectivity index (χ3v) is 3.93.